The van der Waals surface area contributed by atoms with Gasteiger partial charge in [0.2, 0.25) is 6.04 Å². The number of carbonyl (C=O) groups is 4. The first-order chi connectivity index (χ1) is 12.9. The van der Waals surface area contributed by atoms with Gasteiger partial charge in [-0.1, -0.05) is 0 Å². The Morgan fingerprint density at radius 1 is 1.28 bits per heavy atom. The molecule has 0 bridgehead atoms. The van der Waals surface area contributed by atoms with Gasteiger partial charge in [-0.05, 0) is 33.8 Å². The highest BCUT2D eigenvalue weighted by Gasteiger charge is 2.32. The van der Waals surface area contributed by atoms with Crippen LogP contribution < -0.4 is 28.1 Å². The van der Waals surface area contributed by atoms with E-state index in [0.717, 1.165) is 5.01 Å². The molecule has 0 aromatic carbocycles. The maximum Gasteiger partial charge on any atom is 0.426 e. The van der Waals surface area contributed by atoms with E-state index in [4.69, 9.17) is 15.2 Å². The summed E-state index contributed by atoms with van der Waals surface area (Å²) in [6.07, 6.45) is 2.07. The zero-order valence-corrected chi connectivity index (χ0v) is 17.9. The Kier molecular flexibility index (Phi) is 10.1. The maximum absolute atomic E-state index is 12.9. The van der Waals surface area contributed by atoms with Crippen LogP contribution in [-0.4, -0.2) is 47.6 Å². The van der Waals surface area contributed by atoms with Crippen molar-refractivity contribution < 1.29 is 45.6 Å². The third-order valence-corrected chi connectivity index (χ3v) is 3.39. The van der Waals surface area contributed by atoms with Crippen molar-refractivity contribution in [2.45, 2.75) is 46.3 Å². The number of pyridine rings is 1. The fourth-order valence-electron chi connectivity index (χ4n) is 2.15. The van der Waals surface area contributed by atoms with Gasteiger partial charge in [-0.25, -0.2) is 15.2 Å². The molecule has 3 N–H and O–H groups in total. The van der Waals surface area contributed by atoms with E-state index >= 15 is 0 Å². The fourth-order valence-corrected chi connectivity index (χ4v) is 2.15. The summed E-state index contributed by atoms with van der Waals surface area (Å²) in [6, 6.07) is 2.20. The molecule has 1 aromatic heterocycles. The summed E-state index contributed by atoms with van der Waals surface area (Å²) in [5, 5.41) is 0.820. The molecule has 1 atom stereocenters. The van der Waals surface area contributed by atoms with E-state index in [0.29, 0.717) is 0 Å². The summed E-state index contributed by atoms with van der Waals surface area (Å²) < 4.78 is 11.4. The van der Waals surface area contributed by atoms with Crippen LogP contribution in [0.15, 0.2) is 24.5 Å². The second-order valence-electron chi connectivity index (χ2n) is 6.92. The quantitative estimate of drug-likeness (QED) is 0.290. The lowest BCUT2D eigenvalue weighted by Gasteiger charge is -2.26. The maximum atomic E-state index is 12.9. The van der Waals surface area contributed by atoms with Gasteiger partial charge in [0.1, 0.15) is 17.7 Å². The molecule has 0 fully saturated rings. The number of ether oxygens (including phenoxy) is 2. The summed E-state index contributed by atoms with van der Waals surface area (Å²) in [7, 11) is 0. The van der Waals surface area contributed by atoms with Crippen molar-refractivity contribution in [2.75, 3.05) is 13.2 Å². The van der Waals surface area contributed by atoms with Gasteiger partial charge in [0.15, 0.2) is 12.4 Å². The smallest absolute Gasteiger partial charge is 0.426 e. The standard InChI is InChI=1S/C18H26N4O6.ClH/c1-6-27-14(23)11-22(20-17(26)28-18(3,4)5)16(25)12(2)21-9-7-8-13(10-21)15(19)24;/h7-10,12H,6,11H2,1-5H3,(H2-,19,20,24,26);1H. The number of primary amides is 1. The number of nitrogens with zero attached hydrogens (tertiary/aromatic N) is 2. The molecule has 0 saturated carbocycles. The third kappa shape index (κ3) is 8.77. The summed E-state index contributed by atoms with van der Waals surface area (Å²) in [5.41, 5.74) is 6.94. The number of halogens is 1. The van der Waals surface area contributed by atoms with Crippen molar-refractivity contribution in [3.05, 3.63) is 30.1 Å². The van der Waals surface area contributed by atoms with Gasteiger partial charge in [-0.15, -0.1) is 0 Å². The number of nitrogens with one attached hydrogen (secondary N) is 1. The molecule has 162 valence electrons. The normalized spacial score (nSPS) is 11.5. The molecule has 0 aliphatic heterocycles. The summed E-state index contributed by atoms with van der Waals surface area (Å²) in [4.78, 5) is 48.1. The summed E-state index contributed by atoms with van der Waals surface area (Å²) >= 11 is 0. The summed E-state index contributed by atoms with van der Waals surface area (Å²) in [6.45, 7) is 7.78. The van der Waals surface area contributed by atoms with Crippen LogP contribution in [0.4, 0.5) is 4.79 Å². The number of carbonyl (C=O) groups excluding carboxylic acids is 4. The molecule has 0 radical (unpaired) electrons. The Bertz CT molecular complexity index is 750. The number of nitrogens with two attached hydrogens (primary N) is 1. The number of hydrogen-bond acceptors (Lipinski definition) is 6. The Balaban J connectivity index is 0.00000784. The lowest BCUT2D eigenvalue weighted by atomic mass is 10.2. The van der Waals surface area contributed by atoms with Gasteiger partial charge < -0.3 is 27.6 Å². The number of rotatable bonds is 6. The van der Waals surface area contributed by atoms with Gasteiger partial charge in [0.25, 0.3) is 5.91 Å². The first-order valence-electron chi connectivity index (χ1n) is 8.71. The molecule has 10 nitrogen and oxygen atoms in total. The highest BCUT2D eigenvalue weighted by Crippen LogP contribution is 2.08. The fraction of sp³-hybridized carbons (Fsp3) is 0.500. The Morgan fingerprint density at radius 2 is 1.90 bits per heavy atom. The molecule has 0 aliphatic carbocycles. The highest BCUT2D eigenvalue weighted by molar-refractivity contribution is 5.92. The van der Waals surface area contributed by atoms with E-state index in [1.54, 1.807) is 46.9 Å². The summed E-state index contributed by atoms with van der Waals surface area (Å²) in [5.74, 6) is -1.97. The van der Waals surface area contributed by atoms with Crippen LogP contribution >= 0.6 is 0 Å². The molecule has 1 heterocycles. The largest absolute Gasteiger partial charge is 1.00 e. The van der Waals surface area contributed by atoms with Crippen LogP contribution in [0.5, 0.6) is 0 Å². The molecular formula is C18H27ClN4O6. The van der Waals surface area contributed by atoms with Crippen molar-refractivity contribution in [1.29, 1.82) is 0 Å². The number of esters is 1. The Morgan fingerprint density at radius 3 is 2.41 bits per heavy atom. The molecular weight excluding hydrogens is 404 g/mol. The van der Waals surface area contributed by atoms with Crippen molar-refractivity contribution in [3.8, 4) is 0 Å². The van der Waals surface area contributed by atoms with Crippen molar-refractivity contribution in [2.24, 2.45) is 5.73 Å². The second kappa shape index (κ2) is 11.2. The second-order valence-corrected chi connectivity index (χ2v) is 6.92. The van der Waals surface area contributed by atoms with Crippen LogP contribution in [0.3, 0.4) is 0 Å². The molecule has 0 aliphatic rings. The molecule has 11 heteroatoms. The number of hydrazine groups is 1. The minimum absolute atomic E-state index is 0. The van der Waals surface area contributed by atoms with E-state index in [2.05, 4.69) is 5.43 Å². The molecule has 1 rings (SSSR count). The van der Waals surface area contributed by atoms with Crippen LogP contribution in [0.25, 0.3) is 0 Å². The third-order valence-electron chi connectivity index (χ3n) is 3.39. The van der Waals surface area contributed by atoms with Crippen LogP contribution in [0.1, 0.15) is 51.0 Å². The molecule has 1 aromatic rings. The van der Waals surface area contributed by atoms with Gasteiger partial charge >= 0.3 is 18.0 Å². The zero-order valence-electron chi connectivity index (χ0n) is 17.1. The van der Waals surface area contributed by atoms with Gasteiger partial charge in [0, 0.05) is 13.0 Å². The minimum Gasteiger partial charge on any atom is -1.00 e. The predicted octanol–water partition coefficient (Wildman–Crippen LogP) is -2.53. The van der Waals surface area contributed by atoms with Crippen LogP contribution in [0.2, 0.25) is 0 Å². The van der Waals surface area contributed by atoms with E-state index < -0.39 is 42.1 Å². The lowest BCUT2D eigenvalue weighted by molar-refractivity contribution is -0.707. The first kappa shape index (κ1) is 26.1. The molecule has 29 heavy (non-hydrogen) atoms. The van der Waals surface area contributed by atoms with Gasteiger partial charge in [-0.3, -0.25) is 14.4 Å². The number of amides is 3. The van der Waals surface area contributed by atoms with E-state index in [1.165, 1.54) is 16.8 Å². The zero-order chi connectivity index (χ0) is 21.5. The Hall–Kier alpha value is -2.88. The average molecular weight is 431 g/mol. The average Bonchev–Trinajstić information content (AvgIpc) is 2.58. The van der Waals surface area contributed by atoms with Gasteiger partial charge in [-0.2, -0.15) is 4.57 Å². The molecule has 0 spiro atoms. The topological polar surface area (TPSA) is 132 Å². The minimum atomic E-state index is -0.895. The van der Waals surface area contributed by atoms with Crippen LogP contribution in [-0.2, 0) is 19.1 Å². The van der Waals surface area contributed by atoms with E-state index in [1.807, 2.05) is 0 Å². The lowest BCUT2D eigenvalue weighted by Crippen LogP contribution is -3.00. The molecule has 1 unspecified atom stereocenters. The SMILES string of the molecule is CCOC(=O)CN(NC(=O)OC(C)(C)C)C(=O)C(C)[n+]1cccc(C(N)=O)c1.[Cl-]. The van der Waals surface area contributed by atoms with E-state index in [9.17, 15) is 19.2 Å². The number of hydrogen-bond donors (Lipinski definition) is 2. The van der Waals surface area contributed by atoms with Crippen molar-refractivity contribution in [1.82, 2.24) is 10.4 Å². The molecule has 3 amide bonds. The van der Waals surface area contributed by atoms with Crippen LogP contribution in [0, 0.1) is 0 Å². The van der Waals surface area contributed by atoms with Crippen molar-refractivity contribution in [3.63, 3.8) is 0 Å². The first-order valence-corrected chi connectivity index (χ1v) is 8.71. The van der Waals surface area contributed by atoms with Crippen molar-refractivity contribution >= 4 is 23.9 Å². The molecule has 0 saturated heterocycles. The van der Waals surface area contributed by atoms with E-state index in [-0.39, 0.29) is 24.6 Å². The monoisotopic (exact) mass is 430 g/mol. The number of aromatic nitrogens is 1. The van der Waals surface area contributed by atoms with Gasteiger partial charge in [0.05, 0.1) is 6.61 Å². The highest BCUT2D eigenvalue weighted by atomic mass is 35.5. The predicted molar refractivity (Wildman–Crippen MR) is 97.6 cm³/mol. The Labute approximate surface area is 175 Å².